The van der Waals surface area contributed by atoms with Crippen molar-refractivity contribution in [2.45, 2.75) is 33.4 Å². The smallest absolute Gasteiger partial charge is 0.0551 e. The second-order valence-electron chi connectivity index (χ2n) is 3.61. The number of aryl methyl sites for hydroxylation is 2. The van der Waals surface area contributed by atoms with Gasteiger partial charge in [0.05, 0.1) is 11.9 Å². The van der Waals surface area contributed by atoms with Gasteiger partial charge in [0.25, 0.3) is 0 Å². The summed E-state index contributed by atoms with van der Waals surface area (Å²) >= 11 is 0. The number of nitrogens with one attached hydrogen (secondary N) is 1. The summed E-state index contributed by atoms with van der Waals surface area (Å²) in [6, 6.07) is 0. The summed E-state index contributed by atoms with van der Waals surface area (Å²) < 4.78 is 7.03. The highest BCUT2D eigenvalue weighted by atomic mass is 16.5. The van der Waals surface area contributed by atoms with E-state index in [0.717, 1.165) is 32.7 Å². The lowest BCUT2D eigenvalue weighted by Gasteiger charge is -2.07. The Morgan fingerprint density at radius 3 is 3.00 bits per heavy atom. The highest BCUT2D eigenvalue weighted by Gasteiger charge is 2.04. The summed E-state index contributed by atoms with van der Waals surface area (Å²) in [6.07, 6.45) is 2.98. The Morgan fingerprint density at radius 1 is 1.53 bits per heavy atom. The first-order valence-electron chi connectivity index (χ1n) is 5.50. The largest absolute Gasteiger partial charge is 0.385 e. The molecule has 1 N–H and O–H groups in total. The lowest BCUT2D eigenvalue weighted by atomic mass is 10.2. The van der Waals surface area contributed by atoms with E-state index < -0.39 is 0 Å². The molecule has 0 unspecified atom stereocenters. The van der Waals surface area contributed by atoms with Crippen LogP contribution in [-0.4, -0.2) is 30.0 Å². The summed E-state index contributed by atoms with van der Waals surface area (Å²) in [7, 11) is 1.73. The van der Waals surface area contributed by atoms with Crippen molar-refractivity contribution in [2.75, 3.05) is 20.3 Å². The van der Waals surface area contributed by atoms with E-state index >= 15 is 0 Å². The molecule has 0 aliphatic carbocycles. The number of ether oxygens (including phenoxy) is 1. The first-order valence-corrected chi connectivity index (χ1v) is 5.50. The summed E-state index contributed by atoms with van der Waals surface area (Å²) in [5, 5.41) is 7.70. The standard InChI is InChI=1S/C11H21N3O/c1-4-14-11(10(2)8-13-14)9-12-6-5-7-15-3/h8,12H,4-7,9H2,1-3H3. The van der Waals surface area contributed by atoms with Gasteiger partial charge in [-0.3, -0.25) is 4.68 Å². The van der Waals surface area contributed by atoms with Crippen LogP contribution in [0.25, 0.3) is 0 Å². The van der Waals surface area contributed by atoms with E-state index in [1.807, 2.05) is 10.9 Å². The number of nitrogens with zero attached hydrogens (tertiary/aromatic N) is 2. The number of methoxy groups -OCH3 is 1. The van der Waals surface area contributed by atoms with Gasteiger partial charge in [-0.2, -0.15) is 5.10 Å². The molecule has 4 nitrogen and oxygen atoms in total. The van der Waals surface area contributed by atoms with Crippen LogP contribution >= 0.6 is 0 Å². The molecule has 0 spiro atoms. The van der Waals surface area contributed by atoms with Crippen LogP contribution in [0.4, 0.5) is 0 Å². The first-order chi connectivity index (χ1) is 7.29. The van der Waals surface area contributed by atoms with Crippen LogP contribution in [0.5, 0.6) is 0 Å². The van der Waals surface area contributed by atoms with E-state index in [1.54, 1.807) is 7.11 Å². The second kappa shape index (κ2) is 6.58. The number of rotatable bonds is 7. The molecule has 0 fully saturated rings. The zero-order valence-corrected chi connectivity index (χ0v) is 9.92. The molecule has 0 aliphatic heterocycles. The average Bonchev–Trinajstić information content (AvgIpc) is 2.60. The number of hydrogen-bond donors (Lipinski definition) is 1. The SMILES string of the molecule is CCn1ncc(C)c1CNCCCOC. The van der Waals surface area contributed by atoms with Crippen LogP contribution in [-0.2, 0) is 17.8 Å². The van der Waals surface area contributed by atoms with Crippen molar-refractivity contribution in [1.82, 2.24) is 15.1 Å². The van der Waals surface area contributed by atoms with Crippen LogP contribution in [0.15, 0.2) is 6.20 Å². The molecular formula is C11H21N3O. The van der Waals surface area contributed by atoms with Crippen LogP contribution in [0.2, 0.25) is 0 Å². The van der Waals surface area contributed by atoms with E-state index in [0.29, 0.717) is 0 Å². The summed E-state index contributed by atoms with van der Waals surface area (Å²) in [5.74, 6) is 0. The van der Waals surface area contributed by atoms with Gasteiger partial charge in [0.15, 0.2) is 0 Å². The monoisotopic (exact) mass is 211 g/mol. The Morgan fingerprint density at radius 2 is 2.33 bits per heavy atom. The van der Waals surface area contributed by atoms with Gasteiger partial charge in [0.1, 0.15) is 0 Å². The van der Waals surface area contributed by atoms with Crippen LogP contribution < -0.4 is 5.32 Å². The molecule has 0 radical (unpaired) electrons. The van der Waals surface area contributed by atoms with Gasteiger partial charge in [0, 0.05) is 26.8 Å². The third-order valence-corrected chi connectivity index (χ3v) is 2.45. The van der Waals surface area contributed by atoms with Gasteiger partial charge >= 0.3 is 0 Å². The molecule has 1 aromatic rings. The predicted molar refractivity (Wildman–Crippen MR) is 60.8 cm³/mol. The topological polar surface area (TPSA) is 39.1 Å². The average molecular weight is 211 g/mol. The molecule has 0 aliphatic rings. The molecule has 0 saturated heterocycles. The molecule has 0 atom stereocenters. The molecule has 0 saturated carbocycles. The fourth-order valence-corrected chi connectivity index (χ4v) is 1.56. The molecule has 1 rings (SSSR count). The van der Waals surface area contributed by atoms with Crippen molar-refractivity contribution in [2.24, 2.45) is 0 Å². The Balaban J connectivity index is 2.33. The molecular weight excluding hydrogens is 190 g/mol. The van der Waals surface area contributed by atoms with Crippen LogP contribution in [0, 0.1) is 6.92 Å². The van der Waals surface area contributed by atoms with Crippen molar-refractivity contribution < 1.29 is 4.74 Å². The Kier molecular flexibility index (Phi) is 5.36. The maximum Gasteiger partial charge on any atom is 0.0551 e. The quantitative estimate of drug-likeness (QED) is 0.692. The lowest BCUT2D eigenvalue weighted by Crippen LogP contribution is -2.19. The highest BCUT2D eigenvalue weighted by molar-refractivity contribution is 5.15. The van der Waals surface area contributed by atoms with Crippen molar-refractivity contribution in [3.05, 3.63) is 17.5 Å². The van der Waals surface area contributed by atoms with Crippen molar-refractivity contribution in [3.63, 3.8) is 0 Å². The van der Waals surface area contributed by atoms with E-state index in [-0.39, 0.29) is 0 Å². The number of hydrogen-bond acceptors (Lipinski definition) is 3. The van der Waals surface area contributed by atoms with Gasteiger partial charge in [0.2, 0.25) is 0 Å². The van der Waals surface area contributed by atoms with E-state index in [2.05, 4.69) is 24.3 Å². The van der Waals surface area contributed by atoms with Crippen molar-refractivity contribution in [1.29, 1.82) is 0 Å². The number of aromatic nitrogens is 2. The normalized spacial score (nSPS) is 10.9. The molecule has 86 valence electrons. The van der Waals surface area contributed by atoms with Crippen molar-refractivity contribution in [3.8, 4) is 0 Å². The first kappa shape index (κ1) is 12.2. The zero-order chi connectivity index (χ0) is 11.1. The molecule has 15 heavy (non-hydrogen) atoms. The minimum Gasteiger partial charge on any atom is -0.385 e. The molecule has 1 aromatic heterocycles. The predicted octanol–water partition coefficient (Wildman–Crippen LogP) is 1.34. The second-order valence-corrected chi connectivity index (χ2v) is 3.61. The maximum absolute atomic E-state index is 4.99. The van der Waals surface area contributed by atoms with E-state index in [9.17, 15) is 0 Å². The van der Waals surface area contributed by atoms with Gasteiger partial charge in [-0.25, -0.2) is 0 Å². The summed E-state index contributed by atoms with van der Waals surface area (Å²) in [4.78, 5) is 0. The van der Waals surface area contributed by atoms with E-state index in [1.165, 1.54) is 11.3 Å². The Labute approximate surface area is 91.6 Å². The van der Waals surface area contributed by atoms with Gasteiger partial charge in [-0.1, -0.05) is 0 Å². The minimum atomic E-state index is 0.818. The van der Waals surface area contributed by atoms with Gasteiger partial charge in [-0.15, -0.1) is 0 Å². The van der Waals surface area contributed by atoms with E-state index in [4.69, 9.17) is 4.74 Å². The van der Waals surface area contributed by atoms with Gasteiger partial charge in [-0.05, 0) is 32.4 Å². The summed E-state index contributed by atoms with van der Waals surface area (Å²) in [6.45, 7) is 7.85. The Bertz CT molecular complexity index is 283. The summed E-state index contributed by atoms with van der Waals surface area (Å²) in [5.41, 5.74) is 2.55. The molecule has 4 heteroatoms. The third-order valence-electron chi connectivity index (χ3n) is 2.45. The zero-order valence-electron chi connectivity index (χ0n) is 9.92. The molecule has 0 bridgehead atoms. The molecule has 0 aromatic carbocycles. The fourth-order valence-electron chi connectivity index (χ4n) is 1.56. The van der Waals surface area contributed by atoms with Gasteiger partial charge < -0.3 is 10.1 Å². The highest BCUT2D eigenvalue weighted by Crippen LogP contribution is 2.06. The fraction of sp³-hybridized carbons (Fsp3) is 0.727. The van der Waals surface area contributed by atoms with Crippen LogP contribution in [0.1, 0.15) is 24.6 Å². The molecule has 1 heterocycles. The molecule has 0 amide bonds. The minimum absolute atomic E-state index is 0.818. The van der Waals surface area contributed by atoms with Crippen LogP contribution in [0.3, 0.4) is 0 Å². The third kappa shape index (κ3) is 3.64. The Hall–Kier alpha value is -0.870. The maximum atomic E-state index is 4.99. The van der Waals surface area contributed by atoms with Crippen molar-refractivity contribution >= 4 is 0 Å². The lowest BCUT2D eigenvalue weighted by molar-refractivity contribution is 0.194.